The molecule has 2 aromatic rings. The Bertz CT molecular complexity index is 569. The quantitative estimate of drug-likeness (QED) is 0.881. The monoisotopic (exact) mass is 274 g/mol. The van der Waals surface area contributed by atoms with E-state index in [2.05, 4.69) is 61.7 Å². The topological polar surface area (TPSA) is 47.1 Å². The number of benzene rings is 1. The molecule has 1 aromatic heterocycles. The smallest absolute Gasteiger partial charge is 0.0843 e. The molecular formula is C16H26N4. The highest BCUT2D eigenvalue weighted by atomic mass is 15.3. The molecule has 4 heteroatoms. The number of likely N-dealkylation sites (N-methyl/N-ethyl adjacent to an activating group) is 1. The highest BCUT2D eigenvalue weighted by molar-refractivity contribution is 5.81. The molecule has 0 aliphatic rings. The second kappa shape index (κ2) is 5.94. The maximum atomic E-state index is 5.95. The number of hydrogen-bond acceptors (Lipinski definition) is 3. The van der Waals surface area contributed by atoms with Gasteiger partial charge in [0.25, 0.3) is 0 Å². The van der Waals surface area contributed by atoms with E-state index in [0.29, 0.717) is 6.54 Å². The van der Waals surface area contributed by atoms with E-state index in [9.17, 15) is 0 Å². The molecule has 0 saturated carbocycles. The van der Waals surface area contributed by atoms with E-state index in [-0.39, 0.29) is 5.54 Å². The highest BCUT2D eigenvalue weighted by Crippen LogP contribution is 2.23. The first-order valence-corrected chi connectivity index (χ1v) is 7.41. The number of nitrogens with two attached hydrogens (primary N) is 1. The standard InChI is InChI=1S/C16H26N4/c1-5-16(3,12-17)19(4)11-14-13-9-7-8-10-15(13)20(6-2)18-14/h7-10H,5-6,11-12,17H2,1-4H3. The first kappa shape index (κ1) is 15.0. The van der Waals surface area contributed by atoms with Gasteiger partial charge in [-0.25, -0.2) is 0 Å². The molecule has 20 heavy (non-hydrogen) atoms. The fraction of sp³-hybridized carbons (Fsp3) is 0.562. The summed E-state index contributed by atoms with van der Waals surface area (Å²) in [4.78, 5) is 2.32. The van der Waals surface area contributed by atoms with Crippen molar-refractivity contribution in [3.05, 3.63) is 30.0 Å². The van der Waals surface area contributed by atoms with Gasteiger partial charge in [0.1, 0.15) is 0 Å². The van der Waals surface area contributed by atoms with Crippen LogP contribution in [0.15, 0.2) is 24.3 Å². The summed E-state index contributed by atoms with van der Waals surface area (Å²) in [5, 5.41) is 6.01. The maximum absolute atomic E-state index is 5.95. The van der Waals surface area contributed by atoms with Crippen LogP contribution in [0, 0.1) is 0 Å². The molecule has 0 saturated heterocycles. The molecule has 1 heterocycles. The summed E-state index contributed by atoms with van der Waals surface area (Å²) in [6.07, 6.45) is 1.03. The van der Waals surface area contributed by atoms with Crippen LogP contribution < -0.4 is 5.73 Å². The summed E-state index contributed by atoms with van der Waals surface area (Å²) in [6, 6.07) is 8.44. The lowest BCUT2D eigenvalue weighted by Crippen LogP contribution is -2.48. The second-order valence-electron chi connectivity index (χ2n) is 5.69. The average molecular weight is 274 g/mol. The summed E-state index contributed by atoms with van der Waals surface area (Å²) in [7, 11) is 2.14. The second-order valence-corrected chi connectivity index (χ2v) is 5.69. The van der Waals surface area contributed by atoms with Crippen LogP contribution in [0.2, 0.25) is 0 Å². The summed E-state index contributed by atoms with van der Waals surface area (Å²) in [5.41, 5.74) is 8.32. The van der Waals surface area contributed by atoms with Gasteiger partial charge in [-0.05, 0) is 33.4 Å². The lowest BCUT2D eigenvalue weighted by molar-refractivity contribution is 0.130. The Labute approximate surface area is 121 Å². The molecule has 0 fully saturated rings. The Hall–Kier alpha value is -1.39. The molecule has 1 atom stereocenters. The Kier molecular flexibility index (Phi) is 4.45. The fourth-order valence-corrected chi connectivity index (χ4v) is 2.54. The fourth-order valence-electron chi connectivity index (χ4n) is 2.54. The van der Waals surface area contributed by atoms with Crippen LogP contribution in [-0.2, 0) is 13.1 Å². The van der Waals surface area contributed by atoms with Crippen LogP contribution >= 0.6 is 0 Å². The lowest BCUT2D eigenvalue weighted by Gasteiger charge is -2.36. The normalized spacial score (nSPS) is 14.9. The molecule has 0 amide bonds. The SMILES string of the molecule is CCn1nc(CN(C)C(C)(CC)CN)c2ccccc21. The molecule has 1 unspecified atom stereocenters. The molecule has 1 aromatic carbocycles. The minimum absolute atomic E-state index is 0.0249. The Morgan fingerprint density at radius 1 is 1.30 bits per heavy atom. The average Bonchev–Trinajstić information content (AvgIpc) is 2.84. The van der Waals surface area contributed by atoms with Gasteiger partial charge < -0.3 is 5.73 Å². The Balaban J connectivity index is 2.34. The number of aromatic nitrogens is 2. The minimum Gasteiger partial charge on any atom is -0.329 e. The summed E-state index contributed by atoms with van der Waals surface area (Å²) in [6.45, 7) is 8.91. The van der Waals surface area contributed by atoms with Crippen LogP contribution in [0.3, 0.4) is 0 Å². The van der Waals surface area contributed by atoms with Crippen molar-refractivity contribution in [1.29, 1.82) is 0 Å². The van der Waals surface area contributed by atoms with Gasteiger partial charge in [0.15, 0.2) is 0 Å². The molecule has 0 radical (unpaired) electrons. The first-order valence-electron chi connectivity index (χ1n) is 7.41. The van der Waals surface area contributed by atoms with E-state index in [1.807, 2.05) is 0 Å². The van der Waals surface area contributed by atoms with E-state index in [1.54, 1.807) is 0 Å². The van der Waals surface area contributed by atoms with E-state index >= 15 is 0 Å². The first-order chi connectivity index (χ1) is 9.55. The molecule has 0 aliphatic heterocycles. The number of fused-ring (bicyclic) bond motifs is 1. The van der Waals surface area contributed by atoms with Gasteiger partial charge in [-0.2, -0.15) is 5.10 Å². The summed E-state index contributed by atoms with van der Waals surface area (Å²) in [5.74, 6) is 0. The highest BCUT2D eigenvalue weighted by Gasteiger charge is 2.26. The van der Waals surface area contributed by atoms with Gasteiger partial charge in [0.2, 0.25) is 0 Å². The number of para-hydroxylation sites is 1. The number of aryl methyl sites for hydroxylation is 1. The zero-order valence-corrected chi connectivity index (χ0v) is 13.1. The summed E-state index contributed by atoms with van der Waals surface area (Å²) >= 11 is 0. The van der Waals surface area contributed by atoms with Crippen LogP contribution in [0.4, 0.5) is 0 Å². The van der Waals surface area contributed by atoms with Crippen molar-refractivity contribution in [2.75, 3.05) is 13.6 Å². The molecule has 0 bridgehead atoms. The third kappa shape index (κ3) is 2.58. The van der Waals surface area contributed by atoms with Crippen molar-refractivity contribution in [2.24, 2.45) is 5.73 Å². The molecule has 110 valence electrons. The van der Waals surface area contributed by atoms with Gasteiger partial charge >= 0.3 is 0 Å². The van der Waals surface area contributed by atoms with E-state index < -0.39 is 0 Å². The Morgan fingerprint density at radius 3 is 2.60 bits per heavy atom. The predicted molar refractivity (Wildman–Crippen MR) is 84.6 cm³/mol. The molecule has 0 aliphatic carbocycles. The third-order valence-corrected chi connectivity index (χ3v) is 4.54. The van der Waals surface area contributed by atoms with Crippen LogP contribution in [0.1, 0.15) is 32.9 Å². The van der Waals surface area contributed by atoms with Crippen LogP contribution in [0.25, 0.3) is 10.9 Å². The van der Waals surface area contributed by atoms with Crippen molar-refractivity contribution >= 4 is 10.9 Å². The molecular weight excluding hydrogens is 248 g/mol. The van der Waals surface area contributed by atoms with E-state index in [0.717, 1.165) is 25.2 Å². The Morgan fingerprint density at radius 2 is 2.00 bits per heavy atom. The van der Waals surface area contributed by atoms with Crippen molar-refractivity contribution < 1.29 is 0 Å². The number of hydrogen-bond donors (Lipinski definition) is 1. The van der Waals surface area contributed by atoms with Gasteiger partial charge in [-0.1, -0.05) is 25.1 Å². The van der Waals surface area contributed by atoms with Crippen molar-refractivity contribution in [3.8, 4) is 0 Å². The summed E-state index contributed by atoms with van der Waals surface area (Å²) < 4.78 is 2.07. The van der Waals surface area contributed by atoms with E-state index in [1.165, 1.54) is 10.9 Å². The molecule has 2 N–H and O–H groups in total. The van der Waals surface area contributed by atoms with Crippen molar-refractivity contribution in [2.45, 2.75) is 45.8 Å². The van der Waals surface area contributed by atoms with Gasteiger partial charge in [0, 0.05) is 30.6 Å². The van der Waals surface area contributed by atoms with Gasteiger partial charge in [-0.15, -0.1) is 0 Å². The van der Waals surface area contributed by atoms with Crippen molar-refractivity contribution in [3.63, 3.8) is 0 Å². The zero-order chi connectivity index (χ0) is 14.8. The van der Waals surface area contributed by atoms with E-state index in [4.69, 9.17) is 10.8 Å². The zero-order valence-electron chi connectivity index (χ0n) is 13.1. The van der Waals surface area contributed by atoms with Crippen LogP contribution in [-0.4, -0.2) is 33.8 Å². The number of rotatable bonds is 6. The van der Waals surface area contributed by atoms with Crippen LogP contribution in [0.5, 0.6) is 0 Å². The molecule has 2 rings (SSSR count). The lowest BCUT2D eigenvalue weighted by atomic mass is 9.97. The predicted octanol–water partition coefficient (Wildman–Crippen LogP) is 2.62. The van der Waals surface area contributed by atoms with Gasteiger partial charge in [-0.3, -0.25) is 9.58 Å². The minimum atomic E-state index is 0.0249. The molecule has 0 spiro atoms. The molecule has 4 nitrogen and oxygen atoms in total. The number of nitrogens with zero attached hydrogens (tertiary/aromatic N) is 3. The maximum Gasteiger partial charge on any atom is 0.0843 e. The third-order valence-electron chi connectivity index (χ3n) is 4.54. The van der Waals surface area contributed by atoms with Gasteiger partial charge in [0.05, 0.1) is 11.2 Å². The van der Waals surface area contributed by atoms with Crippen molar-refractivity contribution in [1.82, 2.24) is 14.7 Å². The largest absolute Gasteiger partial charge is 0.329 e.